The predicted octanol–water partition coefficient (Wildman–Crippen LogP) is 2.50. The van der Waals surface area contributed by atoms with Gasteiger partial charge >= 0.3 is 0 Å². The molecule has 0 radical (unpaired) electrons. The summed E-state index contributed by atoms with van der Waals surface area (Å²) in [6, 6.07) is 6.15. The maximum absolute atomic E-state index is 13.4. The molecule has 3 N–H and O–H groups in total. The number of amides is 1. The van der Waals surface area contributed by atoms with Crippen LogP contribution in [-0.2, 0) is 0 Å². The maximum Gasteiger partial charge on any atom is 0.256 e. The second-order valence-electron chi connectivity index (χ2n) is 3.97. The molecule has 0 aliphatic rings. The number of anilines is 2. The van der Waals surface area contributed by atoms with Gasteiger partial charge in [-0.15, -0.1) is 0 Å². The molecule has 0 bridgehead atoms. The number of carbonyl (C=O) groups is 1. The lowest BCUT2D eigenvalue weighted by atomic mass is 10.2. The number of nitrogens with two attached hydrogens (primary N) is 1. The minimum atomic E-state index is -0.841. The molecule has 0 fully saturated rings. The van der Waals surface area contributed by atoms with Crippen molar-refractivity contribution in [2.75, 3.05) is 11.1 Å². The van der Waals surface area contributed by atoms with Crippen molar-refractivity contribution in [2.24, 2.45) is 0 Å². The van der Waals surface area contributed by atoms with Crippen molar-refractivity contribution in [3.8, 4) is 0 Å². The largest absolute Gasteiger partial charge is 0.384 e. The van der Waals surface area contributed by atoms with Crippen molar-refractivity contribution < 1.29 is 13.6 Å². The SMILES string of the molecule is Cc1cc(C(=O)Nc2c(F)cccc2F)cc(N)n1. The third kappa shape index (κ3) is 2.85. The number of carbonyl (C=O) groups excluding carboxylic acids is 1. The van der Waals surface area contributed by atoms with Crippen molar-refractivity contribution in [3.63, 3.8) is 0 Å². The molecular weight excluding hydrogens is 252 g/mol. The van der Waals surface area contributed by atoms with Crippen LogP contribution in [0.3, 0.4) is 0 Å². The van der Waals surface area contributed by atoms with Crippen LogP contribution in [0, 0.1) is 18.6 Å². The van der Waals surface area contributed by atoms with E-state index < -0.39 is 23.2 Å². The van der Waals surface area contributed by atoms with E-state index in [0.717, 1.165) is 12.1 Å². The van der Waals surface area contributed by atoms with Crippen LogP contribution in [0.1, 0.15) is 16.1 Å². The number of aromatic nitrogens is 1. The van der Waals surface area contributed by atoms with Gasteiger partial charge in [0.15, 0.2) is 0 Å². The first-order chi connectivity index (χ1) is 8.97. The fourth-order valence-corrected chi connectivity index (χ4v) is 1.63. The number of benzene rings is 1. The van der Waals surface area contributed by atoms with Crippen LogP contribution in [0.2, 0.25) is 0 Å². The van der Waals surface area contributed by atoms with Gasteiger partial charge in [-0.05, 0) is 31.2 Å². The van der Waals surface area contributed by atoms with Gasteiger partial charge in [0, 0.05) is 11.3 Å². The summed E-state index contributed by atoms with van der Waals surface area (Å²) in [5, 5.41) is 2.18. The van der Waals surface area contributed by atoms with Gasteiger partial charge in [0.05, 0.1) is 0 Å². The molecule has 1 aromatic carbocycles. The second kappa shape index (κ2) is 5.01. The highest BCUT2D eigenvalue weighted by Crippen LogP contribution is 2.19. The van der Waals surface area contributed by atoms with Crippen molar-refractivity contribution in [2.45, 2.75) is 6.92 Å². The highest BCUT2D eigenvalue weighted by molar-refractivity contribution is 6.04. The number of halogens is 2. The summed E-state index contributed by atoms with van der Waals surface area (Å²) in [4.78, 5) is 15.8. The molecule has 0 atom stereocenters. The molecular formula is C13H11F2N3O. The van der Waals surface area contributed by atoms with Gasteiger partial charge < -0.3 is 11.1 Å². The molecule has 19 heavy (non-hydrogen) atoms. The van der Waals surface area contributed by atoms with Crippen LogP contribution < -0.4 is 11.1 Å². The molecule has 1 amide bonds. The van der Waals surface area contributed by atoms with E-state index in [1.165, 1.54) is 18.2 Å². The highest BCUT2D eigenvalue weighted by atomic mass is 19.1. The first-order valence-electron chi connectivity index (χ1n) is 5.47. The number of nitrogens with zero attached hydrogens (tertiary/aromatic N) is 1. The molecule has 0 saturated carbocycles. The fourth-order valence-electron chi connectivity index (χ4n) is 1.63. The van der Waals surface area contributed by atoms with E-state index >= 15 is 0 Å². The zero-order valence-corrected chi connectivity index (χ0v) is 10.1. The summed E-state index contributed by atoms with van der Waals surface area (Å²) in [7, 11) is 0. The molecule has 0 spiro atoms. The number of nitrogens with one attached hydrogen (secondary N) is 1. The number of pyridine rings is 1. The van der Waals surface area contributed by atoms with E-state index in [-0.39, 0.29) is 11.4 Å². The molecule has 98 valence electrons. The van der Waals surface area contributed by atoms with Gasteiger partial charge in [0.25, 0.3) is 5.91 Å². The Labute approximate surface area is 108 Å². The van der Waals surface area contributed by atoms with Crippen molar-refractivity contribution >= 4 is 17.4 Å². The molecule has 0 aliphatic carbocycles. The van der Waals surface area contributed by atoms with E-state index in [1.807, 2.05) is 0 Å². The predicted molar refractivity (Wildman–Crippen MR) is 67.7 cm³/mol. The first kappa shape index (κ1) is 12.9. The van der Waals surface area contributed by atoms with Crippen LogP contribution in [-0.4, -0.2) is 10.9 Å². The van der Waals surface area contributed by atoms with Crippen LogP contribution >= 0.6 is 0 Å². The van der Waals surface area contributed by atoms with E-state index in [4.69, 9.17) is 5.73 Å². The molecule has 6 heteroatoms. The quantitative estimate of drug-likeness (QED) is 0.874. The van der Waals surface area contributed by atoms with Crippen LogP contribution in [0.5, 0.6) is 0 Å². The summed E-state index contributed by atoms with van der Waals surface area (Å²) in [5.41, 5.74) is 5.75. The Bertz CT molecular complexity index is 603. The Balaban J connectivity index is 2.31. The number of aryl methyl sites for hydroxylation is 1. The van der Waals surface area contributed by atoms with Gasteiger partial charge in [0.1, 0.15) is 23.1 Å². The number of para-hydroxylation sites is 1. The summed E-state index contributed by atoms with van der Waals surface area (Å²) in [6.45, 7) is 1.66. The Morgan fingerprint density at radius 1 is 1.26 bits per heavy atom. The molecule has 0 aliphatic heterocycles. The van der Waals surface area contributed by atoms with E-state index in [1.54, 1.807) is 6.92 Å². The maximum atomic E-state index is 13.4. The Morgan fingerprint density at radius 3 is 2.47 bits per heavy atom. The molecule has 1 aromatic heterocycles. The standard InChI is InChI=1S/C13H11F2N3O/c1-7-5-8(6-11(16)17-7)13(19)18-12-9(14)3-2-4-10(12)15/h2-6H,1H3,(H2,16,17)(H,18,19). The third-order valence-corrected chi connectivity index (χ3v) is 2.44. The number of rotatable bonds is 2. The van der Waals surface area contributed by atoms with Crippen molar-refractivity contribution in [1.29, 1.82) is 0 Å². The van der Waals surface area contributed by atoms with Gasteiger partial charge in [-0.3, -0.25) is 4.79 Å². The molecule has 0 unspecified atom stereocenters. The molecule has 0 saturated heterocycles. The summed E-state index contributed by atoms with van der Waals surface area (Å²) < 4.78 is 26.8. The lowest BCUT2D eigenvalue weighted by Crippen LogP contribution is -2.15. The van der Waals surface area contributed by atoms with E-state index in [2.05, 4.69) is 10.3 Å². The monoisotopic (exact) mass is 263 g/mol. The zero-order chi connectivity index (χ0) is 14.0. The Kier molecular flexibility index (Phi) is 3.41. The Hall–Kier alpha value is -2.50. The minimum absolute atomic E-state index is 0.166. The molecule has 2 aromatic rings. The van der Waals surface area contributed by atoms with Crippen molar-refractivity contribution in [1.82, 2.24) is 4.98 Å². The Morgan fingerprint density at radius 2 is 1.89 bits per heavy atom. The van der Waals surface area contributed by atoms with Gasteiger partial charge in [-0.2, -0.15) is 0 Å². The highest BCUT2D eigenvalue weighted by Gasteiger charge is 2.14. The van der Waals surface area contributed by atoms with E-state index in [0.29, 0.717) is 5.69 Å². The molecule has 2 rings (SSSR count). The topological polar surface area (TPSA) is 68.0 Å². The first-order valence-corrected chi connectivity index (χ1v) is 5.47. The zero-order valence-electron chi connectivity index (χ0n) is 10.1. The van der Waals surface area contributed by atoms with Crippen LogP contribution in [0.15, 0.2) is 30.3 Å². The second-order valence-corrected chi connectivity index (χ2v) is 3.97. The smallest absolute Gasteiger partial charge is 0.256 e. The fraction of sp³-hybridized carbons (Fsp3) is 0.0769. The molecule has 4 nitrogen and oxygen atoms in total. The summed E-state index contributed by atoms with van der Waals surface area (Å²) >= 11 is 0. The van der Waals surface area contributed by atoms with Gasteiger partial charge in [-0.25, -0.2) is 13.8 Å². The number of hydrogen-bond donors (Lipinski definition) is 2. The van der Waals surface area contributed by atoms with Crippen LogP contribution in [0.4, 0.5) is 20.3 Å². The lowest BCUT2D eigenvalue weighted by Gasteiger charge is -2.08. The summed E-state index contributed by atoms with van der Waals surface area (Å²) in [6.07, 6.45) is 0. The average Bonchev–Trinajstić information content (AvgIpc) is 2.32. The van der Waals surface area contributed by atoms with Crippen LogP contribution in [0.25, 0.3) is 0 Å². The summed E-state index contributed by atoms with van der Waals surface area (Å²) in [5.74, 6) is -2.17. The number of hydrogen-bond acceptors (Lipinski definition) is 3. The molecule has 1 heterocycles. The van der Waals surface area contributed by atoms with Gasteiger partial charge in [-0.1, -0.05) is 6.07 Å². The lowest BCUT2D eigenvalue weighted by molar-refractivity contribution is 0.102. The third-order valence-electron chi connectivity index (χ3n) is 2.44. The number of nitrogen functional groups attached to an aromatic ring is 1. The average molecular weight is 263 g/mol. The van der Waals surface area contributed by atoms with Gasteiger partial charge in [0.2, 0.25) is 0 Å². The normalized spacial score (nSPS) is 10.3. The van der Waals surface area contributed by atoms with Crippen molar-refractivity contribution in [3.05, 3.63) is 53.2 Å². The minimum Gasteiger partial charge on any atom is -0.384 e. The van der Waals surface area contributed by atoms with E-state index in [9.17, 15) is 13.6 Å².